The number of ketones is 2. The number of Topliss-reactive ketones (excluding diaryl/α,β-unsaturated/α-hetero) is 1. The molecule has 3 fully saturated rings. The lowest BCUT2D eigenvalue weighted by Gasteiger charge is -2.58. The number of piperidine rings is 1. The zero-order valence-electron chi connectivity index (χ0n) is 14.7. The number of allylic oxidation sites excluding steroid dienone is 2. The van der Waals surface area contributed by atoms with E-state index in [1.54, 1.807) is 6.92 Å². The van der Waals surface area contributed by atoms with Crippen LogP contribution in [-0.4, -0.2) is 18.1 Å². The van der Waals surface area contributed by atoms with Gasteiger partial charge in [-0.15, -0.1) is 0 Å². The summed E-state index contributed by atoms with van der Waals surface area (Å²) in [5.41, 5.74) is 1.54. The fraction of sp³-hybridized carbons (Fsp3) is 0.800. The second kappa shape index (κ2) is 4.94. The molecule has 1 aliphatic heterocycles. The maximum Gasteiger partial charge on any atom is 0.157 e. The maximum atomic E-state index is 12.1. The SMILES string of the molecule is CC(=O)[C@H]1CCC2C3CNC4=CC(=O)CC[C@]4(C)C3CC[C@@]21C. The van der Waals surface area contributed by atoms with E-state index in [0.29, 0.717) is 30.0 Å². The van der Waals surface area contributed by atoms with Crippen molar-refractivity contribution in [2.24, 2.45) is 34.5 Å². The Morgan fingerprint density at radius 2 is 1.96 bits per heavy atom. The molecule has 0 spiro atoms. The van der Waals surface area contributed by atoms with Gasteiger partial charge >= 0.3 is 0 Å². The molecular weight excluding hydrogens is 286 g/mol. The van der Waals surface area contributed by atoms with Crippen LogP contribution in [0.25, 0.3) is 0 Å². The molecule has 0 aromatic rings. The second-order valence-electron chi connectivity index (χ2n) is 8.98. The van der Waals surface area contributed by atoms with E-state index < -0.39 is 0 Å². The molecule has 3 heteroatoms. The molecule has 0 aromatic heterocycles. The van der Waals surface area contributed by atoms with Crippen molar-refractivity contribution in [1.82, 2.24) is 5.32 Å². The minimum atomic E-state index is 0.145. The fourth-order valence-corrected chi connectivity index (χ4v) is 6.81. The lowest BCUT2D eigenvalue weighted by atomic mass is 9.49. The van der Waals surface area contributed by atoms with E-state index in [1.165, 1.54) is 25.0 Å². The zero-order chi connectivity index (χ0) is 16.4. The first-order chi connectivity index (χ1) is 10.9. The Morgan fingerprint density at radius 1 is 1.17 bits per heavy atom. The van der Waals surface area contributed by atoms with Gasteiger partial charge in [0.2, 0.25) is 0 Å². The highest BCUT2D eigenvalue weighted by Gasteiger charge is 2.59. The maximum absolute atomic E-state index is 12.1. The van der Waals surface area contributed by atoms with Crippen molar-refractivity contribution in [3.8, 4) is 0 Å². The summed E-state index contributed by atoms with van der Waals surface area (Å²) in [4.78, 5) is 23.9. The van der Waals surface area contributed by atoms with Crippen LogP contribution < -0.4 is 5.32 Å². The molecule has 3 nitrogen and oxygen atoms in total. The van der Waals surface area contributed by atoms with E-state index in [2.05, 4.69) is 19.2 Å². The number of carbonyl (C=O) groups excluding carboxylic acids is 2. The number of fused-ring (bicyclic) bond motifs is 5. The van der Waals surface area contributed by atoms with E-state index in [9.17, 15) is 9.59 Å². The second-order valence-corrected chi connectivity index (χ2v) is 8.98. The molecule has 0 radical (unpaired) electrons. The summed E-state index contributed by atoms with van der Waals surface area (Å²) < 4.78 is 0. The van der Waals surface area contributed by atoms with Gasteiger partial charge in [-0.3, -0.25) is 9.59 Å². The molecule has 1 heterocycles. The van der Waals surface area contributed by atoms with Gasteiger partial charge in [0.15, 0.2) is 5.78 Å². The van der Waals surface area contributed by atoms with Crippen molar-refractivity contribution in [3.05, 3.63) is 11.8 Å². The Morgan fingerprint density at radius 3 is 2.70 bits per heavy atom. The van der Waals surface area contributed by atoms with Gasteiger partial charge in [0.1, 0.15) is 5.78 Å². The lowest BCUT2D eigenvalue weighted by Crippen LogP contribution is -2.56. The molecule has 126 valence electrons. The fourth-order valence-electron chi connectivity index (χ4n) is 6.81. The third-order valence-corrected chi connectivity index (χ3v) is 8.09. The van der Waals surface area contributed by atoms with E-state index in [0.717, 1.165) is 19.4 Å². The Bertz CT molecular complexity index is 594. The van der Waals surface area contributed by atoms with Gasteiger partial charge in [-0.05, 0) is 62.2 Å². The summed E-state index contributed by atoms with van der Waals surface area (Å²) >= 11 is 0. The van der Waals surface area contributed by atoms with Crippen molar-refractivity contribution in [2.45, 2.75) is 59.3 Å². The van der Waals surface area contributed by atoms with Crippen LogP contribution in [0.1, 0.15) is 59.3 Å². The van der Waals surface area contributed by atoms with Gasteiger partial charge in [-0.2, -0.15) is 0 Å². The normalized spacial score (nSPS) is 48.7. The van der Waals surface area contributed by atoms with Gasteiger partial charge in [-0.1, -0.05) is 13.8 Å². The molecule has 2 saturated carbocycles. The largest absolute Gasteiger partial charge is 0.387 e. The predicted molar refractivity (Wildman–Crippen MR) is 89.6 cm³/mol. The average molecular weight is 315 g/mol. The number of rotatable bonds is 1. The summed E-state index contributed by atoms with van der Waals surface area (Å²) in [6.45, 7) is 7.53. The highest BCUT2D eigenvalue weighted by molar-refractivity contribution is 5.91. The Labute approximate surface area is 139 Å². The summed E-state index contributed by atoms with van der Waals surface area (Å²) in [5, 5.41) is 3.62. The van der Waals surface area contributed by atoms with Crippen molar-refractivity contribution >= 4 is 11.6 Å². The van der Waals surface area contributed by atoms with Crippen LogP contribution in [0.3, 0.4) is 0 Å². The van der Waals surface area contributed by atoms with Crippen molar-refractivity contribution in [2.75, 3.05) is 6.54 Å². The minimum Gasteiger partial charge on any atom is -0.387 e. The Kier molecular flexibility index (Phi) is 3.31. The molecule has 4 aliphatic rings. The van der Waals surface area contributed by atoms with Gasteiger partial charge < -0.3 is 5.32 Å². The zero-order valence-corrected chi connectivity index (χ0v) is 14.7. The first-order valence-corrected chi connectivity index (χ1v) is 9.35. The van der Waals surface area contributed by atoms with Crippen LogP contribution in [0.5, 0.6) is 0 Å². The van der Waals surface area contributed by atoms with Gasteiger partial charge in [0, 0.05) is 36.1 Å². The summed E-state index contributed by atoms with van der Waals surface area (Å²) in [6.07, 6.45) is 8.25. The van der Waals surface area contributed by atoms with Crippen LogP contribution in [0.4, 0.5) is 0 Å². The Balaban J connectivity index is 1.67. The number of hydrogen-bond acceptors (Lipinski definition) is 3. The molecule has 23 heavy (non-hydrogen) atoms. The van der Waals surface area contributed by atoms with Crippen LogP contribution in [-0.2, 0) is 9.59 Å². The van der Waals surface area contributed by atoms with Crippen molar-refractivity contribution in [3.63, 3.8) is 0 Å². The monoisotopic (exact) mass is 315 g/mol. The van der Waals surface area contributed by atoms with Crippen LogP contribution in [0, 0.1) is 34.5 Å². The highest BCUT2D eigenvalue weighted by Crippen LogP contribution is 2.64. The summed E-state index contributed by atoms with van der Waals surface area (Å²) in [7, 11) is 0. The first-order valence-electron chi connectivity index (χ1n) is 9.35. The topological polar surface area (TPSA) is 46.2 Å². The highest BCUT2D eigenvalue weighted by atomic mass is 16.1. The van der Waals surface area contributed by atoms with Crippen LogP contribution in [0.15, 0.2) is 11.8 Å². The van der Waals surface area contributed by atoms with Crippen molar-refractivity contribution < 1.29 is 9.59 Å². The smallest absolute Gasteiger partial charge is 0.157 e. The standard InChI is InChI=1S/C20H29NO2/c1-12(22)15-4-5-16-14-11-21-18-10-13(23)6-8-20(18,3)17(14)7-9-19(15,16)2/h10,14-17,21H,4-9,11H2,1-3H3/t14?,15-,16?,17?,19-,20-/m1/s1. The number of nitrogens with one attached hydrogen (secondary N) is 1. The molecule has 0 aromatic carbocycles. The van der Waals surface area contributed by atoms with Gasteiger partial charge in [0.25, 0.3) is 0 Å². The first kappa shape index (κ1) is 15.4. The number of carbonyl (C=O) groups is 2. The van der Waals surface area contributed by atoms with E-state index in [1.807, 2.05) is 6.08 Å². The van der Waals surface area contributed by atoms with E-state index >= 15 is 0 Å². The summed E-state index contributed by atoms with van der Waals surface area (Å²) in [5.74, 6) is 2.94. The van der Waals surface area contributed by atoms with Crippen LogP contribution in [0.2, 0.25) is 0 Å². The predicted octanol–water partition coefficient (Wildman–Crippen LogP) is 3.49. The average Bonchev–Trinajstić information content (AvgIpc) is 2.85. The molecule has 1 N–H and O–H groups in total. The van der Waals surface area contributed by atoms with E-state index in [-0.39, 0.29) is 22.5 Å². The van der Waals surface area contributed by atoms with E-state index in [4.69, 9.17) is 0 Å². The summed E-state index contributed by atoms with van der Waals surface area (Å²) in [6, 6.07) is 0. The van der Waals surface area contributed by atoms with Crippen LogP contribution >= 0.6 is 0 Å². The lowest BCUT2D eigenvalue weighted by molar-refractivity contribution is -0.128. The van der Waals surface area contributed by atoms with Crippen molar-refractivity contribution in [1.29, 1.82) is 0 Å². The Hall–Kier alpha value is -1.12. The molecule has 0 bridgehead atoms. The third-order valence-electron chi connectivity index (χ3n) is 8.09. The quantitative estimate of drug-likeness (QED) is 0.805. The molecule has 4 rings (SSSR count). The molecule has 3 aliphatic carbocycles. The van der Waals surface area contributed by atoms with Gasteiger partial charge in [-0.25, -0.2) is 0 Å². The molecular formula is C20H29NO2. The minimum absolute atomic E-state index is 0.145. The molecule has 3 unspecified atom stereocenters. The number of hydrogen-bond donors (Lipinski definition) is 1. The third kappa shape index (κ3) is 2.01. The molecule has 0 amide bonds. The molecule has 1 saturated heterocycles. The molecule has 6 atom stereocenters. The van der Waals surface area contributed by atoms with Gasteiger partial charge in [0.05, 0.1) is 0 Å².